The average molecular weight is 352 g/mol. The van der Waals surface area contributed by atoms with Gasteiger partial charge in [-0.15, -0.1) is 11.3 Å². The van der Waals surface area contributed by atoms with E-state index < -0.39 is 0 Å². The van der Waals surface area contributed by atoms with E-state index in [-0.39, 0.29) is 29.8 Å². The molecule has 0 atom stereocenters. The zero-order valence-electron chi connectivity index (χ0n) is 14.4. The highest BCUT2D eigenvalue weighted by molar-refractivity contribution is 7.11. The molecule has 7 heteroatoms. The van der Waals surface area contributed by atoms with Crippen LogP contribution in [0.3, 0.4) is 0 Å². The fourth-order valence-corrected chi connectivity index (χ4v) is 3.15. The van der Waals surface area contributed by atoms with Crippen LogP contribution in [-0.4, -0.2) is 29.4 Å². The number of nitrogens with zero attached hydrogens (tertiary/aromatic N) is 1. The molecule has 0 saturated heterocycles. The van der Waals surface area contributed by atoms with Gasteiger partial charge in [-0.25, -0.2) is 4.98 Å². The number of thiazole rings is 1. The second-order valence-electron chi connectivity index (χ2n) is 7.19. The first-order valence-electron chi connectivity index (χ1n) is 7.98. The van der Waals surface area contributed by atoms with Crippen LogP contribution in [0.25, 0.3) is 0 Å². The first kappa shape index (κ1) is 20.2. The third kappa shape index (κ3) is 7.62. The smallest absolute Gasteiger partial charge is 0.343 e. The topological polar surface area (TPSA) is 93.2 Å². The lowest BCUT2D eigenvalue weighted by atomic mass is 9.82. The molecule has 1 heterocycles. The zero-order chi connectivity index (χ0) is 18.2. The van der Waals surface area contributed by atoms with Gasteiger partial charge in [-0.2, -0.15) is 9.59 Å². The van der Waals surface area contributed by atoms with Crippen LogP contribution in [0, 0.1) is 11.3 Å². The van der Waals surface area contributed by atoms with E-state index in [0.29, 0.717) is 11.4 Å². The Kier molecular flexibility index (Phi) is 7.95. The number of carbonyl (C=O) groups is 2. The predicted octanol–water partition coefficient (Wildman–Crippen LogP) is 2.64. The van der Waals surface area contributed by atoms with Crippen LogP contribution in [0.2, 0.25) is 0 Å². The molecule has 1 fully saturated rings. The fraction of sp³-hybridized carbons (Fsp3) is 0.647. The Labute approximate surface area is 146 Å². The van der Waals surface area contributed by atoms with Crippen LogP contribution < -0.4 is 5.32 Å². The zero-order valence-corrected chi connectivity index (χ0v) is 15.2. The van der Waals surface area contributed by atoms with Crippen LogP contribution in [-0.2, 0) is 20.8 Å². The predicted molar refractivity (Wildman–Crippen MR) is 89.6 cm³/mol. The summed E-state index contributed by atoms with van der Waals surface area (Å²) in [5, 5.41) is 5.10. The molecule has 6 nitrogen and oxygen atoms in total. The number of amides is 1. The monoisotopic (exact) mass is 352 g/mol. The molecule has 0 aromatic carbocycles. The Morgan fingerprint density at radius 2 is 1.96 bits per heavy atom. The van der Waals surface area contributed by atoms with Gasteiger partial charge >= 0.3 is 6.15 Å². The molecule has 1 amide bonds. The van der Waals surface area contributed by atoms with Crippen molar-refractivity contribution in [2.75, 3.05) is 6.54 Å². The third-order valence-corrected chi connectivity index (χ3v) is 4.53. The van der Waals surface area contributed by atoms with Gasteiger partial charge in [0, 0.05) is 11.8 Å². The summed E-state index contributed by atoms with van der Waals surface area (Å²) in [7, 11) is 0. The minimum Gasteiger partial charge on any atom is -0.343 e. The summed E-state index contributed by atoms with van der Waals surface area (Å²) < 4.78 is 0. The highest BCUT2D eigenvalue weighted by atomic mass is 32.1. The van der Waals surface area contributed by atoms with E-state index in [1.54, 1.807) is 0 Å². The van der Waals surface area contributed by atoms with E-state index in [4.69, 9.17) is 9.59 Å². The second-order valence-corrected chi connectivity index (χ2v) is 8.05. The van der Waals surface area contributed by atoms with E-state index in [1.165, 1.54) is 30.6 Å². The van der Waals surface area contributed by atoms with Gasteiger partial charge in [-0.05, 0) is 17.8 Å². The van der Waals surface area contributed by atoms with Crippen LogP contribution >= 0.6 is 11.3 Å². The number of aromatic nitrogens is 1. The number of rotatable bonds is 6. The van der Waals surface area contributed by atoms with Crippen LogP contribution in [0.15, 0.2) is 5.38 Å². The number of hydrogen-bond donors (Lipinski definition) is 1. The van der Waals surface area contributed by atoms with Gasteiger partial charge in [0.05, 0.1) is 12.2 Å². The quantitative estimate of drug-likeness (QED) is 0.849. The molecule has 1 aliphatic rings. The lowest BCUT2D eigenvalue weighted by molar-refractivity contribution is -0.191. The molecule has 1 N–H and O–H groups in total. The molecule has 0 aliphatic heterocycles. The molecule has 0 spiro atoms. The number of ketones is 1. The van der Waals surface area contributed by atoms with Crippen molar-refractivity contribution in [3.05, 3.63) is 16.1 Å². The van der Waals surface area contributed by atoms with E-state index in [2.05, 4.69) is 10.3 Å². The van der Waals surface area contributed by atoms with Crippen LogP contribution in [0.4, 0.5) is 0 Å². The van der Waals surface area contributed by atoms with Gasteiger partial charge in [0.1, 0.15) is 0 Å². The minimum atomic E-state index is -0.234. The summed E-state index contributed by atoms with van der Waals surface area (Å²) in [6.07, 6.45) is 5.57. The van der Waals surface area contributed by atoms with E-state index in [0.717, 1.165) is 18.0 Å². The first-order chi connectivity index (χ1) is 11.2. The van der Waals surface area contributed by atoms with E-state index in [9.17, 15) is 9.59 Å². The molecule has 1 aromatic rings. The highest BCUT2D eigenvalue weighted by Gasteiger charge is 2.21. The molecule has 1 aliphatic carbocycles. The fourth-order valence-electron chi connectivity index (χ4n) is 2.41. The maximum Gasteiger partial charge on any atom is 0.373 e. The van der Waals surface area contributed by atoms with Crippen molar-refractivity contribution < 1.29 is 19.2 Å². The summed E-state index contributed by atoms with van der Waals surface area (Å²) in [5.41, 5.74) is 0.967. The van der Waals surface area contributed by atoms with Crippen molar-refractivity contribution in [1.29, 1.82) is 0 Å². The van der Waals surface area contributed by atoms with Crippen molar-refractivity contribution in [2.45, 2.75) is 52.9 Å². The van der Waals surface area contributed by atoms with Crippen molar-refractivity contribution in [3.8, 4) is 0 Å². The molecular weight excluding hydrogens is 328 g/mol. The van der Waals surface area contributed by atoms with Crippen molar-refractivity contribution >= 4 is 29.2 Å². The standard InChI is InChI=1S/C16H24N2O2S.CO2/c1-16(2,3)8-13(19)9-17-14(20)15-18-12(10-21-15)7-11-5-4-6-11;2-1-3/h10-11H,4-9H2,1-3H3,(H,17,20);. The Morgan fingerprint density at radius 3 is 2.46 bits per heavy atom. The molecule has 1 aromatic heterocycles. The van der Waals surface area contributed by atoms with Gasteiger partial charge in [0.15, 0.2) is 10.8 Å². The van der Waals surface area contributed by atoms with E-state index >= 15 is 0 Å². The summed E-state index contributed by atoms with van der Waals surface area (Å²) in [5.74, 6) is 0.570. The maximum atomic E-state index is 12.0. The molecule has 24 heavy (non-hydrogen) atoms. The number of hydrogen-bond acceptors (Lipinski definition) is 6. The number of nitrogens with one attached hydrogen (secondary N) is 1. The summed E-state index contributed by atoms with van der Waals surface area (Å²) in [6, 6.07) is 0. The Morgan fingerprint density at radius 1 is 1.33 bits per heavy atom. The average Bonchev–Trinajstić information content (AvgIpc) is 2.88. The number of Topliss-reactive ketones (excluding diaryl/α,β-unsaturated/α-hetero) is 1. The van der Waals surface area contributed by atoms with Crippen molar-refractivity contribution in [2.24, 2.45) is 11.3 Å². The van der Waals surface area contributed by atoms with Gasteiger partial charge in [0.25, 0.3) is 5.91 Å². The van der Waals surface area contributed by atoms with Crippen LogP contribution in [0.1, 0.15) is 62.0 Å². The number of carbonyl (C=O) groups excluding carboxylic acids is 4. The van der Waals surface area contributed by atoms with Gasteiger partial charge in [-0.1, -0.05) is 40.0 Å². The summed E-state index contributed by atoms with van der Waals surface area (Å²) in [4.78, 5) is 44.4. The SMILES string of the molecule is CC(C)(C)CC(=O)CNC(=O)c1nc(CC2CCC2)cs1.O=C=O. The Balaban J connectivity index is 0.000000891. The maximum absolute atomic E-state index is 12.0. The second kappa shape index (κ2) is 9.45. The van der Waals surface area contributed by atoms with Crippen molar-refractivity contribution in [3.63, 3.8) is 0 Å². The molecule has 0 radical (unpaired) electrons. The third-order valence-electron chi connectivity index (χ3n) is 3.64. The molecular formula is C17H24N2O4S. The highest BCUT2D eigenvalue weighted by Crippen LogP contribution is 2.30. The molecule has 2 rings (SSSR count). The Hall–Kier alpha value is -1.85. The van der Waals surface area contributed by atoms with Gasteiger partial charge < -0.3 is 5.32 Å². The Bertz CT molecular complexity index is 594. The van der Waals surface area contributed by atoms with Crippen molar-refractivity contribution in [1.82, 2.24) is 10.3 Å². The van der Waals surface area contributed by atoms with Gasteiger partial charge in [-0.3, -0.25) is 9.59 Å². The molecule has 0 bridgehead atoms. The molecule has 0 unspecified atom stereocenters. The normalized spacial score (nSPS) is 14.0. The lowest BCUT2D eigenvalue weighted by Gasteiger charge is -2.24. The first-order valence-corrected chi connectivity index (χ1v) is 8.86. The molecule has 132 valence electrons. The van der Waals surface area contributed by atoms with Gasteiger partial charge in [0.2, 0.25) is 0 Å². The summed E-state index contributed by atoms with van der Waals surface area (Å²) >= 11 is 1.36. The molecule has 1 saturated carbocycles. The summed E-state index contributed by atoms with van der Waals surface area (Å²) in [6.45, 7) is 6.13. The largest absolute Gasteiger partial charge is 0.373 e. The van der Waals surface area contributed by atoms with E-state index in [1.807, 2.05) is 26.2 Å². The minimum absolute atomic E-state index is 0.0427. The lowest BCUT2D eigenvalue weighted by Crippen LogP contribution is -2.31. The van der Waals surface area contributed by atoms with Crippen LogP contribution in [0.5, 0.6) is 0 Å².